The van der Waals surface area contributed by atoms with Crippen molar-refractivity contribution in [2.75, 3.05) is 6.61 Å². The normalized spacial score (nSPS) is 10.7. The molecule has 1 amide bonds. The molecule has 42 heavy (non-hydrogen) atoms. The van der Waals surface area contributed by atoms with E-state index in [1.54, 1.807) is 24.3 Å². The predicted molar refractivity (Wildman–Crippen MR) is 155 cm³/mol. The minimum atomic E-state index is -0.789. The summed E-state index contributed by atoms with van der Waals surface area (Å²) in [6, 6.07) is 21.9. The standard InChI is InChI=1S/C29H23ClN4O8/c1-2-40-28-15-21(9-12-27(28)41-18-19-6-4-3-5-7-19)29(35)32-31-17-20-8-11-25(23(30)14-20)42-26-13-10-22(33(36)37)16-24(26)34(38)39/h3-17H,2,18H2,1H3,(H,32,35)/b31-17+. The molecule has 4 aromatic rings. The largest absolute Gasteiger partial charge is 0.490 e. The molecular weight excluding hydrogens is 568 g/mol. The third-order valence-corrected chi connectivity index (χ3v) is 5.94. The van der Waals surface area contributed by atoms with Crippen LogP contribution in [0.2, 0.25) is 5.02 Å². The van der Waals surface area contributed by atoms with Crippen molar-refractivity contribution in [3.63, 3.8) is 0 Å². The van der Waals surface area contributed by atoms with Gasteiger partial charge in [0.05, 0.1) is 33.8 Å². The number of hydrazone groups is 1. The van der Waals surface area contributed by atoms with E-state index < -0.39 is 27.1 Å². The molecule has 214 valence electrons. The van der Waals surface area contributed by atoms with E-state index in [1.165, 1.54) is 18.3 Å². The average molecular weight is 591 g/mol. The van der Waals surface area contributed by atoms with Gasteiger partial charge in [-0.15, -0.1) is 0 Å². The molecular formula is C29H23ClN4O8. The van der Waals surface area contributed by atoms with Crippen molar-refractivity contribution >= 4 is 35.1 Å². The monoisotopic (exact) mass is 590 g/mol. The number of non-ortho nitro benzene ring substituents is 1. The third-order valence-electron chi connectivity index (χ3n) is 5.65. The van der Waals surface area contributed by atoms with Crippen LogP contribution < -0.4 is 19.6 Å². The van der Waals surface area contributed by atoms with Gasteiger partial charge in [0.2, 0.25) is 5.75 Å². The number of ether oxygens (including phenoxy) is 3. The molecule has 1 N–H and O–H groups in total. The van der Waals surface area contributed by atoms with Gasteiger partial charge in [-0.25, -0.2) is 5.43 Å². The van der Waals surface area contributed by atoms with E-state index >= 15 is 0 Å². The fraction of sp³-hybridized carbons (Fsp3) is 0.103. The van der Waals surface area contributed by atoms with Crippen molar-refractivity contribution in [1.29, 1.82) is 0 Å². The number of benzene rings is 4. The summed E-state index contributed by atoms with van der Waals surface area (Å²) in [4.78, 5) is 33.5. The second-order valence-electron chi connectivity index (χ2n) is 8.53. The second kappa shape index (κ2) is 13.7. The van der Waals surface area contributed by atoms with Gasteiger partial charge in [0, 0.05) is 11.6 Å². The van der Waals surface area contributed by atoms with Gasteiger partial charge in [0.25, 0.3) is 11.6 Å². The maximum Gasteiger partial charge on any atom is 0.318 e. The summed E-state index contributed by atoms with van der Waals surface area (Å²) in [6.45, 7) is 2.55. The Bertz CT molecular complexity index is 1650. The van der Waals surface area contributed by atoms with Gasteiger partial charge in [-0.05, 0) is 60.5 Å². The first-order chi connectivity index (χ1) is 20.2. The van der Waals surface area contributed by atoms with Crippen LogP contribution in [0.1, 0.15) is 28.4 Å². The fourth-order valence-electron chi connectivity index (χ4n) is 3.65. The van der Waals surface area contributed by atoms with Crippen LogP contribution in [0.15, 0.2) is 90.0 Å². The number of amides is 1. The minimum Gasteiger partial charge on any atom is -0.490 e. The molecule has 0 fully saturated rings. The Balaban J connectivity index is 1.41. The molecule has 0 atom stereocenters. The summed E-state index contributed by atoms with van der Waals surface area (Å²) in [5.41, 5.74) is 3.18. The van der Waals surface area contributed by atoms with Gasteiger partial charge in [0.15, 0.2) is 11.5 Å². The van der Waals surface area contributed by atoms with E-state index in [4.69, 9.17) is 25.8 Å². The molecule has 13 heteroatoms. The van der Waals surface area contributed by atoms with Crippen molar-refractivity contribution in [3.05, 3.63) is 127 Å². The zero-order valence-electron chi connectivity index (χ0n) is 22.1. The Hall–Kier alpha value is -5.49. The Kier molecular flexibility index (Phi) is 9.64. The van der Waals surface area contributed by atoms with Gasteiger partial charge < -0.3 is 14.2 Å². The van der Waals surface area contributed by atoms with Gasteiger partial charge in [-0.2, -0.15) is 5.10 Å². The molecule has 0 aliphatic heterocycles. The molecule has 0 aromatic heterocycles. The van der Waals surface area contributed by atoms with Crippen molar-refractivity contribution in [2.45, 2.75) is 13.5 Å². The van der Waals surface area contributed by atoms with Crippen LogP contribution in [0.3, 0.4) is 0 Å². The van der Waals surface area contributed by atoms with E-state index in [-0.39, 0.29) is 16.5 Å². The Labute approximate surface area is 244 Å². The molecule has 12 nitrogen and oxygen atoms in total. The number of carbonyl (C=O) groups excluding carboxylic acids is 1. The van der Waals surface area contributed by atoms with Crippen LogP contribution in [-0.4, -0.2) is 28.6 Å². The van der Waals surface area contributed by atoms with E-state index in [1.807, 2.05) is 37.3 Å². The minimum absolute atomic E-state index is 0.0767. The first kappa shape index (κ1) is 29.5. The number of hydrogen-bond donors (Lipinski definition) is 1. The number of rotatable bonds is 12. The highest BCUT2D eigenvalue weighted by atomic mass is 35.5. The first-order valence-electron chi connectivity index (χ1n) is 12.4. The van der Waals surface area contributed by atoms with E-state index in [9.17, 15) is 25.0 Å². The van der Waals surface area contributed by atoms with Crippen LogP contribution in [0, 0.1) is 20.2 Å². The third kappa shape index (κ3) is 7.58. The van der Waals surface area contributed by atoms with Crippen molar-refractivity contribution in [2.24, 2.45) is 5.10 Å². The molecule has 0 unspecified atom stereocenters. The average Bonchev–Trinajstić information content (AvgIpc) is 2.98. The van der Waals surface area contributed by atoms with Crippen molar-refractivity contribution in [3.8, 4) is 23.0 Å². The van der Waals surface area contributed by atoms with Crippen LogP contribution in [0.4, 0.5) is 11.4 Å². The molecule has 0 saturated carbocycles. The summed E-state index contributed by atoms with van der Waals surface area (Å²) in [5, 5.41) is 26.3. The number of hydrogen-bond acceptors (Lipinski definition) is 9. The number of halogens is 1. The summed E-state index contributed by atoms with van der Waals surface area (Å²) in [6.07, 6.45) is 1.35. The summed E-state index contributed by atoms with van der Waals surface area (Å²) in [7, 11) is 0. The highest BCUT2D eigenvalue weighted by molar-refractivity contribution is 6.32. The van der Waals surface area contributed by atoms with Crippen molar-refractivity contribution in [1.82, 2.24) is 5.43 Å². The molecule has 4 aromatic carbocycles. The predicted octanol–water partition coefficient (Wildman–Crippen LogP) is 6.69. The van der Waals surface area contributed by atoms with Gasteiger partial charge in [0.1, 0.15) is 12.4 Å². The smallest absolute Gasteiger partial charge is 0.318 e. The molecule has 0 aliphatic rings. The second-order valence-corrected chi connectivity index (χ2v) is 8.93. The lowest BCUT2D eigenvalue weighted by Crippen LogP contribution is -2.17. The van der Waals surface area contributed by atoms with Crippen LogP contribution in [-0.2, 0) is 6.61 Å². The van der Waals surface area contributed by atoms with Gasteiger partial charge in [-0.3, -0.25) is 25.0 Å². The van der Waals surface area contributed by atoms with Gasteiger partial charge >= 0.3 is 5.69 Å². The zero-order valence-corrected chi connectivity index (χ0v) is 22.8. The Morgan fingerprint density at radius 2 is 1.62 bits per heavy atom. The maximum absolute atomic E-state index is 12.7. The van der Waals surface area contributed by atoms with Crippen molar-refractivity contribution < 1.29 is 28.9 Å². The quantitative estimate of drug-likeness (QED) is 0.109. The molecule has 0 bridgehead atoms. The molecule has 0 spiro atoms. The topological polar surface area (TPSA) is 155 Å². The van der Waals surface area contributed by atoms with Crippen LogP contribution >= 0.6 is 11.6 Å². The van der Waals surface area contributed by atoms with Gasteiger partial charge in [-0.1, -0.05) is 41.9 Å². The Morgan fingerprint density at radius 1 is 0.881 bits per heavy atom. The lowest BCUT2D eigenvalue weighted by atomic mass is 10.2. The highest BCUT2D eigenvalue weighted by Gasteiger charge is 2.22. The van der Waals surface area contributed by atoms with E-state index in [0.717, 1.165) is 23.8 Å². The van der Waals surface area contributed by atoms with Crippen LogP contribution in [0.5, 0.6) is 23.0 Å². The molecule has 0 saturated heterocycles. The molecule has 0 heterocycles. The number of carbonyl (C=O) groups is 1. The maximum atomic E-state index is 12.7. The van der Waals surface area contributed by atoms with E-state index in [0.29, 0.717) is 35.8 Å². The SMILES string of the molecule is CCOc1cc(C(=O)N/N=C/c2ccc(Oc3ccc([N+](=O)[O-])cc3[N+](=O)[O-])c(Cl)c2)ccc1OCc1ccccc1. The lowest BCUT2D eigenvalue weighted by Gasteiger charge is -2.13. The summed E-state index contributed by atoms with van der Waals surface area (Å²) in [5.74, 6) is 0.285. The van der Waals surface area contributed by atoms with Crippen LogP contribution in [0.25, 0.3) is 0 Å². The Morgan fingerprint density at radius 3 is 2.31 bits per heavy atom. The lowest BCUT2D eigenvalue weighted by molar-refractivity contribution is -0.394. The summed E-state index contributed by atoms with van der Waals surface area (Å²) < 4.78 is 17.1. The zero-order chi connectivity index (χ0) is 30.1. The molecule has 4 rings (SSSR count). The fourth-order valence-corrected chi connectivity index (χ4v) is 3.88. The first-order valence-corrected chi connectivity index (χ1v) is 12.8. The number of nitro benzene ring substituents is 2. The number of nitro groups is 2. The molecule has 0 aliphatic carbocycles. The van der Waals surface area contributed by atoms with E-state index in [2.05, 4.69) is 10.5 Å². The number of nitrogens with one attached hydrogen (secondary N) is 1. The number of nitrogens with zero attached hydrogens (tertiary/aromatic N) is 3. The summed E-state index contributed by atoms with van der Waals surface area (Å²) >= 11 is 6.28. The molecule has 0 radical (unpaired) electrons. The highest BCUT2D eigenvalue weighted by Crippen LogP contribution is 2.37.